The van der Waals surface area contributed by atoms with Gasteiger partial charge in [-0.15, -0.1) is 11.3 Å². The molecule has 0 bridgehead atoms. The van der Waals surface area contributed by atoms with Crippen molar-refractivity contribution in [2.75, 3.05) is 39.3 Å². The van der Waals surface area contributed by atoms with E-state index in [9.17, 15) is 0 Å². The van der Waals surface area contributed by atoms with Crippen molar-refractivity contribution in [1.29, 1.82) is 0 Å². The summed E-state index contributed by atoms with van der Waals surface area (Å²) in [6.45, 7) is 12.5. The molecule has 0 radical (unpaired) electrons. The molecule has 0 aromatic carbocycles. The van der Waals surface area contributed by atoms with Gasteiger partial charge in [0, 0.05) is 50.0 Å². The molecule has 8 heteroatoms. The van der Waals surface area contributed by atoms with Crippen LogP contribution >= 0.6 is 11.3 Å². The maximum Gasteiger partial charge on any atom is 0.191 e. The van der Waals surface area contributed by atoms with Crippen LogP contribution in [0.15, 0.2) is 34.9 Å². The Morgan fingerprint density at radius 3 is 3.00 bits per heavy atom. The van der Waals surface area contributed by atoms with Crippen molar-refractivity contribution >= 4 is 17.3 Å². The SMILES string of the molecule is CCNC(=NCC(c1cccs1)N1CCOC(C)C1)NCCCCn1ccnc1C. The number of nitrogens with one attached hydrogen (secondary N) is 2. The van der Waals surface area contributed by atoms with Crippen molar-refractivity contribution in [3.63, 3.8) is 0 Å². The summed E-state index contributed by atoms with van der Waals surface area (Å²) in [6, 6.07) is 4.66. The predicted molar refractivity (Wildman–Crippen MR) is 124 cm³/mol. The van der Waals surface area contributed by atoms with Crippen LogP contribution in [0.3, 0.4) is 0 Å². The molecule has 3 heterocycles. The average Bonchev–Trinajstić information content (AvgIpc) is 3.40. The van der Waals surface area contributed by atoms with Gasteiger partial charge in [-0.3, -0.25) is 9.89 Å². The van der Waals surface area contributed by atoms with Gasteiger partial charge in [0.15, 0.2) is 5.96 Å². The van der Waals surface area contributed by atoms with Crippen LogP contribution in [-0.4, -0.2) is 65.8 Å². The van der Waals surface area contributed by atoms with Gasteiger partial charge in [-0.05, 0) is 45.1 Å². The Kier molecular flexibility index (Phi) is 9.17. The highest BCUT2D eigenvalue weighted by molar-refractivity contribution is 7.10. The molecule has 1 saturated heterocycles. The number of rotatable bonds is 10. The maximum atomic E-state index is 5.75. The number of aromatic nitrogens is 2. The summed E-state index contributed by atoms with van der Waals surface area (Å²) >= 11 is 1.82. The second-order valence-corrected chi connectivity index (χ2v) is 8.71. The Bertz CT molecular complexity index is 760. The number of guanidine groups is 1. The first-order chi connectivity index (χ1) is 14.7. The fourth-order valence-corrected chi connectivity index (χ4v) is 4.62. The molecule has 2 unspecified atom stereocenters. The number of hydrogen-bond acceptors (Lipinski definition) is 5. The molecule has 0 spiro atoms. The zero-order chi connectivity index (χ0) is 21.2. The van der Waals surface area contributed by atoms with E-state index in [1.807, 2.05) is 30.7 Å². The summed E-state index contributed by atoms with van der Waals surface area (Å²) in [6.07, 6.45) is 6.40. The highest BCUT2D eigenvalue weighted by atomic mass is 32.1. The van der Waals surface area contributed by atoms with Gasteiger partial charge in [0.1, 0.15) is 5.82 Å². The fourth-order valence-electron chi connectivity index (χ4n) is 3.77. The number of unbranched alkanes of at least 4 members (excludes halogenated alkanes) is 1. The third kappa shape index (κ3) is 6.82. The van der Waals surface area contributed by atoms with Gasteiger partial charge in [-0.2, -0.15) is 0 Å². The molecule has 30 heavy (non-hydrogen) atoms. The van der Waals surface area contributed by atoms with Crippen molar-refractivity contribution in [3.05, 3.63) is 40.6 Å². The van der Waals surface area contributed by atoms with Gasteiger partial charge >= 0.3 is 0 Å². The molecule has 166 valence electrons. The number of imidazole rings is 1. The topological polar surface area (TPSA) is 66.7 Å². The molecule has 7 nitrogen and oxygen atoms in total. The maximum absolute atomic E-state index is 5.75. The molecule has 2 aromatic heterocycles. The molecule has 1 aliphatic rings. The van der Waals surface area contributed by atoms with Crippen molar-refractivity contribution in [3.8, 4) is 0 Å². The molecule has 2 N–H and O–H groups in total. The number of morpholine rings is 1. The lowest BCUT2D eigenvalue weighted by Crippen LogP contribution is -2.44. The van der Waals surface area contributed by atoms with Gasteiger partial charge in [0.25, 0.3) is 0 Å². The van der Waals surface area contributed by atoms with E-state index in [0.717, 1.165) is 70.5 Å². The number of thiophene rings is 1. The third-order valence-electron chi connectivity index (χ3n) is 5.39. The zero-order valence-electron chi connectivity index (χ0n) is 18.5. The molecule has 0 saturated carbocycles. The Morgan fingerprint density at radius 1 is 1.40 bits per heavy atom. The van der Waals surface area contributed by atoms with E-state index in [1.54, 1.807) is 0 Å². The van der Waals surface area contributed by atoms with Gasteiger partial charge in [0.2, 0.25) is 0 Å². The third-order valence-corrected chi connectivity index (χ3v) is 6.37. The van der Waals surface area contributed by atoms with Crippen LogP contribution in [-0.2, 0) is 11.3 Å². The molecule has 2 aromatic rings. The highest BCUT2D eigenvalue weighted by Crippen LogP contribution is 2.27. The minimum atomic E-state index is 0.274. The van der Waals surface area contributed by atoms with Gasteiger partial charge in [-0.1, -0.05) is 6.07 Å². The molecule has 1 fully saturated rings. The van der Waals surface area contributed by atoms with Crippen LogP contribution < -0.4 is 10.6 Å². The van der Waals surface area contributed by atoms with Crippen LogP contribution in [0.4, 0.5) is 0 Å². The van der Waals surface area contributed by atoms with E-state index in [1.165, 1.54) is 4.88 Å². The number of aliphatic imine (C=N–C) groups is 1. The smallest absolute Gasteiger partial charge is 0.191 e. The monoisotopic (exact) mass is 432 g/mol. The largest absolute Gasteiger partial charge is 0.376 e. The molecule has 0 aliphatic carbocycles. The summed E-state index contributed by atoms with van der Waals surface area (Å²) < 4.78 is 7.95. The van der Waals surface area contributed by atoms with Crippen LogP contribution in [0.2, 0.25) is 0 Å². The van der Waals surface area contributed by atoms with E-state index >= 15 is 0 Å². The lowest BCUT2D eigenvalue weighted by Gasteiger charge is -2.36. The first-order valence-electron chi connectivity index (χ1n) is 11.1. The standard InChI is InChI=1S/C22H36N6OS/c1-4-23-22(25-9-5-6-11-27-12-10-24-19(27)3)26-16-20(21-8-7-15-30-21)28-13-14-29-18(2)17-28/h7-8,10,12,15,18,20H,4-6,9,11,13-14,16-17H2,1-3H3,(H2,23,25,26). The Morgan fingerprint density at radius 2 is 2.30 bits per heavy atom. The number of hydrogen-bond donors (Lipinski definition) is 2. The van der Waals surface area contributed by atoms with Crippen molar-refractivity contribution in [1.82, 2.24) is 25.1 Å². The Balaban J connectivity index is 1.52. The van der Waals surface area contributed by atoms with E-state index in [4.69, 9.17) is 9.73 Å². The summed E-state index contributed by atoms with van der Waals surface area (Å²) in [5.74, 6) is 1.98. The quantitative estimate of drug-likeness (QED) is 0.343. The molecule has 0 amide bonds. The molecule has 1 aliphatic heterocycles. The van der Waals surface area contributed by atoms with E-state index < -0.39 is 0 Å². The molecule has 2 atom stereocenters. The second kappa shape index (κ2) is 12.1. The average molecular weight is 433 g/mol. The number of nitrogens with zero attached hydrogens (tertiary/aromatic N) is 4. The minimum absolute atomic E-state index is 0.274. The van der Waals surface area contributed by atoms with Crippen molar-refractivity contribution in [2.24, 2.45) is 4.99 Å². The van der Waals surface area contributed by atoms with Crippen molar-refractivity contribution < 1.29 is 4.74 Å². The van der Waals surface area contributed by atoms with Crippen LogP contribution in [0.1, 0.15) is 43.4 Å². The summed E-state index contributed by atoms with van der Waals surface area (Å²) in [4.78, 5) is 13.1. The molecular weight excluding hydrogens is 396 g/mol. The zero-order valence-corrected chi connectivity index (χ0v) is 19.3. The summed E-state index contributed by atoms with van der Waals surface area (Å²) in [5.41, 5.74) is 0. The highest BCUT2D eigenvalue weighted by Gasteiger charge is 2.26. The summed E-state index contributed by atoms with van der Waals surface area (Å²) in [7, 11) is 0. The number of ether oxygens (including phenoxy) is 1. The Hall–Kier alpha value is -1.90. The van der Waals surface area contributed by atoms with Crippen LogP contribution in [0, 0.1) is 6.92 Å². The lowest BCUT2D eigenvalue weighted by atomic mass is 10.1. The second-order valence-electron chi connectivity index (χ2n) is 7.73. The van der Waals surface area contributed by atoms with Gasteiger partial charge in [0.05, 0.1) is 25.3 Å². The van der Waals surface area contributed by atoms with Crippen molar-refractivity contribution in [2.45, 2.75) is 52.3 Å². The van der Waals surface area contributed by atoms with E-state index in [2.05, 4.69) is 56.4 Å². The summed E-state index contributed by atoms with van der Waals surface area (Å²) in [5, 5.41) is 9.05. The van der Waals surface area contributed by atoms with E-state index in [0.29, 0.717) is 6.04 Å². The van der Waals surface area contributed by atoms with Crippen LogP contribution in [0.25, 0.3) is 0 Å². The van der Waals surface area contributed by atoms with Gasteiger partial charge < -0.3 is 19.9 Å². The first-order valence-corrected chi connectivity index (χ1v) is 11.9. The minimum Gasteiger partial charge on any atom is -0.376 e. The van der Waals surface area contributed by atoms with Gasteiger partial charge in [-0.25, -0.2) is 4.98 Å². The first kappa shape index (κ1) is 22.8. The molecule has 3 rings (SSSR count). The van der Waals surface area contributed by atoms with Crippen LogP contribution in [0.5, 0.6) is 0 Å². The predicted octanol–water partition coefficient (Wildman–Crippen LogP) is 3.05. The van der Waals surface area contributed by atoms with E-state index in [-0.39, 0.29) is 6.10 Å². The lowest BCUT2D eigenvalue weighted by molar-refractivity contribution is -0.0327. The molecular formula is C22H36N6OS. The fraction of sp³-hybridized carbons (Fsp3) is 0.636. The normalized spacial score (nSPS) is 19.0. The number of aryl methyl sites for hydroxylation is 2. The Labute approximate surface area is 184 Å².